The number of nitrogens with one attached hydrogen (secondary N) is 1. The number of hydrogen-bond acceptors (Lipinski definition) is 4. The molecule has 6 nitrogen and oxygen atoms in total. The largest absolute Gasteiger partial charge is 0.334 e. The molecule has 1 amide bonds. The average molecular weight is 285 g/mol. The van der Waals surface area contributed by atoms with Crippen LogP contribution in [-0.4, -0.2) is 51.5 Å². The van der Waals surface area contributed by atoms with Crippen LogP contribution in [0.25, 0.3) is 5.82 Å². The minimum Gasteiger partial charge on any atom is -0.334 e. The highest BCUT2D eigenvalue weighted by molar-refractivity contribution is 5.95. The van der Waals surface area contributed by atoms with E-state index < -0.39 is 0 Å². The molecule has 0 radical (unpaired) electrons. The summed E-state index contributed by atoms with van der Waals surface area (Å²) < 4.78 is 1.80. The first kappa shape index (κ1) is 13.8. The van der Waals surface area contributed by atoms with Crippen LogP contribution < -0.4 is 5.32 Å². The van der Waals surface area contributed by atoms with Gasteiger partial charge in [0, 0.05) is 43.3 Å². The fraction of sp³-hybridized carbons (Fsp3) is 0.400. The van der Waals surface area contributed by atoms with Crippen LogP contribution in [0.15, 0.2) is 37.1 Å². The maximum atomic E-state index is 12.7. The molecule has 1 aliphatic rings. The predicted octanol–water partition coefficient (Wildman–Crippen LogP) is 1.09. The molecule has 0 aliphatic carbocycles. The van der Waals surface area contributed by atoms with Crippen LogP contribution in [0.2, 0.25) is 0 Å². The highest BCUT2D eigenvalue weighted by Crippen LogP contribution is 2.20. The van der Waals surface area contributed by atoms with Crippen molar-refractivity contribution in [3.63, 3.8) is 0 Å². The van der Waals surface area contributed by atoms with E-state index in [1.807, 2.05) is 24.2 Å². The van der Waals surface area contributed by atoms with Crippen molar-refractivity contribution in [2.75, 3.05) is 20.1 Å². The molecule has 2 aromatic heterocycles. The Kier molecular flexibility index (Phi) is 3.96. The second-order valence-corrected chi connectivity index (χ2v) is 5.22. The molecule has 2 aromatic rings. The van der Waals surface area contributed by atoms with Crippen molar-refractivity contribution in [3.8, 4) is 5.82 Å². The number of nitrogens with zero attached hydrogens (tertiary/aromatic N) is 4. The molecule has 3 heterocycles. The Balaban J connectivity index is 1.83. The maximum absolute atomic E-state index is 12.7. The normalized spacial score (nSPS) is 18.1. The van der Waals surface area contributed by atoms with Crippen molar-refractivity contribution in [1.29, 1.82) is 0 Å². The van der Waals surface area contributed by atoms with Gasteiger partial charge in [0.15, 0.2) is 0 Å². The predicted molar refractivity (Wildman–Crippen MR) is 79.3 cm³/mol. The van der Waals surface area contributed by atoms with Crippen LogP contribution in [-0.2, 0) is 0 Å². The number of amides is 1. The Labute approximate surface area is 123 Å². The van der Waals surface area contributed by atoms with Crippen LogP contribution in [0.5, 0.6) is 0 Å². The Bertz CT molecular complexity index is 610. The van der Waals surface area contributed by atoms with Crippen molar-refractivity contribution in [2.24, 2.45) is 0 Å². The summed E-state index contributed by atoms with van der Waals surface area (Å²) in [5.74, 6) is 0.791. The second kappa shape index (κ2) is 6.05. The topological polar surface area (TPSA) is 63.1 Å². The quantitative estimate of drug-likeness (QED) is 0.913. The van der Waals surface area contributed by atoms with Gasteiger partial charge in [0.25, 0.3) is 5.91 Å². The molecule has 0 spiro atoms. The van der Waals surface area contributed by atoms with Gasteiger partial charge >= 0.3 is 0 Å². The van der Waals surface area contributed by atoms with Crippen molar-refractivity contribution in [3.05, 3.63) is 42.6 Å². The molecular formula is C15H19N5O. The average Bonchev–Trinajstić information content (AvgIpc) is 3.18. The summed E-state index contributed by atoms with van der Waals surface area (Å²) in [4.78, 5) is 23.0. The fourth-order valence-corrected chi connectivity index (χ4v) is 2.80. The molecule has 0 saturated carbocycles. The van der Waals surface area contributed by atoms with Crippen molar-refractivity contribution >= 4 is 5.91 Å². The van der Waals surface area contributed by atoms with Crippen LogP contribution >= 0.6 is 0 Å². The fourth-order valence-electron chi connectivity index (χ4n) is 2.80. The van der Waals surface area contributed by atoms with E-state index in [2.05, 4.69) is 15.3 Å². The SMILES string of the molecule is CNC[C@H]1CCCN1C(=O)c1ccnc(-n2ccnc2)c1. The van der Waals surface area contributed by atoms with Gasteiger partial charge in [-0.1, -0.05) is 0 Å². The maximum Gasteiger partial charge on any atom is 0.254 e. The molecule has 1 atom stereocenters. The van der Waals surface area contributed by atoms with Gasteiger partial charge in [-0.25, -0.2) is 9.97 Å². The molecule has 3 rings (SSSR count). The Morgan fingerprint density at radius 1 is 1.48 bits per heavy atom. The van der Waals surface area contributed by atoms with E-state index in [0.29, 0.717) is 11.4 Å². The van der Waals surface area contributed by atoms with Crippen LogP contribution in [0.1, 0.15) is 23.2 Å². The molecule has 6 heteroatoms. The van der Waals surface area contributed by atoms with Crippen molar-refractivity contribution < 1.29 is 4.79 Å². The molecule has 1 aliphatic heterocycles. The lowest BCUT2D eigenvalue weighted by Crippen LogP contribution is -2.40. The van der Waals surface area contributed by atoms with Gasteiger partial charge < -0.3 is 10.2 Å². The Morgan fingerprint density at radius 3 is 3.14 bits per heavy atom. The van der Waals surface area contributed by atoms with Gasteiger partial charge in [-0.2, -0.15) is 0 Å². The Hall–Kier alpha value is -2.21. The van der Waals surface area contributed by atoms with Crippen molar-refractivity contribution in [1.82, 2.24) is 24.8 Å². The number of aromatic nitrogens is 3. The van der Waals surface area contributed by atoms with E-state index in [1.54, 1.807) is 29.4 Å². The lowest BCUT2D eigenvalue weighted by Gasteiger charge is -2.24. The van der Waals surface area contributed by atoms with E-state index in [0.717, 1.165) is 25.9 Å². The number of imidazole rings is 1. The highest BCUT2D eigenvalue weighted by Gasteiger charge is 2.28. The molecule has 1 saturated heterocycles. The number of rotatable bonds is 4. The van der Waals surface area contributed by atoms with Gasteiger partial charge in [-0.3, -0.25) is 9.36 Å². The summed E-state index contributed by atoms with van der Waals surface area (Å²) in [6.45, 7) is 1.67. The van der Waals surface area contributed by atoms with E-state index in [4.69, 9.17) is 0 Å². The molecular weight excluding hydrogens is 266 g/mol. The molecule has 1 fully saturated rings. The monoisotopic (exact) mass is 285 g/mol. The third-order valence-electron chi connectivity index (χ3n) is 3.84. The summed E-state index contributed by atoms with van der Waals surface area (Å²) in [7, 11) is 1.92. The second-order valence-electron chi connectivity index (χ2n) is 5.22. The van der Waals surface area contributed by atoms with Crippen LogP contribution in [0, 0.1) is 0 Å². The van der Waals surface area contributed by atoms with Gasteiger partial charge in [0.2, 0.25) is 0 Å². The smallest absolute Gasteiger partial charge is 0.254 e. The minimum absolute atomic E-state index is 0.0801. The summed E-state index contributed by atoms with van der Waals surface area (Å²) in [6, 6.07) is 3.88. The van der Waals surface area contributed by atoms with Crippen LogP contribution in [0.3, 0.4) is 0 Å². The first-order valence-electron chi connectivity index (χ1n) is 7.19. The van der Waals surface area contributed by atoms with Crippen LogP contribution in [0.4, 0.5) is 0 Å². The molecule has 0 unspecified atom stereocenters. The van der Waals surface area contributed by atoms with Gasteiger partial charge in [0.05, 0.1) is 0 Å². The summed E-state index contributed by atoms with van der Waals surface area (Å²) in [5.41, 5.74) is 0.678. The van der Waals surface area contributed by atoms with E-state index in [1.165, 1.54) is 0 Å². The number of carbonyl (C=O) groups is 1. The van der Waals surface area contributed by atoms with Gasteiger partial charge in [-0.05, 0) is 32.0 Å². The van der Waals surface area contributed by atoms with Gasteiger partial charge in [0.1, 0.15) is 12.1 Å². The number of likely N-dealkylation sites (N-methyl/N-ethyl adjacent to an activating group) is 1. The minimum atomic E-state index is 0.0801. The Morgan fingerprint density at radius 2 is 2.38 bits per heavy atom. The summed E-state index contributed by atoms with van der Waals surface area (Å²) in [6.07, 6.45) is 8.99. The summed E-state index contributed by atoms with van der Waals surface area (Å²) in [5, 5.41) is 3.16. The van der Waals surface area contributed by atoms with E-state index in [-0.39, 0.29) is 11.9 Å². The third kappa shape index (κ3) is 2.80. The van der Waals surface area contributed by atoms with E-state index in [9.17, 15) is 4.79 Å². The molecule has 1 N–H and O–H groups in total. The third-order valence-corrected chi connectivity index (χ3v) is 3.84. The van der Waals surface area contributed by atoms with Crippen molar-refractivity contribution in [2.45, 2.75) is 18.9 Å². The van der Waals surface area contributed by atoms with Gasteiger partial charge in [-0.15, -0.1) is 0 Å². The molecule has 0 bridgehead atoms. The standard InChI is InChI=1S/C15H19N5O/c1-16-10-13-3-2-7-20(13)15(21)12-4-5-18-14(9-12)19-8-6-17-11-19/h4-6,8-9,11,13,16H,2-3,7,10H2,1H3/t13-/m1/s1. The zero-order valence-corrected chi connectivity index (χ0v) is 12.1. The number of pyridine rings is 1. The van der Waals surface area contributed by atoms with E-state index >= 15 is 0 Å². The highest BCUT2D eigenvalue weighted by atomic mass is 16.2. The lowest BCUT2D eigenvalue weighted by atomic mass is 10.2. The first-order valence-corrected chi connectivity index (χ1v) is 7.19. The molecule has 0 aromatic carbocycles. The first-order chi connectivity index (χ1) is 10.3. The summed E-state index contributed by atoms with van der Waals surface area (Å²) >= 11 is 0. The zero-order chi connectivity index (χ0) is 14.7. The molecule has 21 heavy (non-hydrogen) atoms. The molecule has 110 valence electrons. The number of carbonyl (C=O) groups excluding carboxylic acids is 1. The number of likely N-dealkylation sites (tertiary alicyclic amines) is 1. The number of hydrogen-bond donors (Lipinski definition) is 1. The zero-order valence-electron chi connectivity index (χ0n) is 12.1. The lowest BCUT2D eigenvalue weighted by molar-refractivity contribution is 0.0737.